The monoisotopic (exact) mass is 472 g/mol. The molecule has 1 amide bonds. The zero-order valence-electron chi connectivity index (χ0n) is 16.5. The van der Waals surface area contributed by atoms with E-state index in [9.17, 15) is 14.4 Å². The van der Waals surface area contributed by atoms with Crippen LogP contribution in [0.3, 0.4) is 0 Å². The minimum Gasteiger partial charge on any atom is -0.477 e. The molecular formula is C22H17ClN2O6S. The summed E-state index contributed by atoms with van der Waals surface area (Å²) in [4.78, 5) is 39.0. The van der Waals surface area contributed by atoms with Crippen molar-refractivity contribution in [3.8, 4) is 11.3 Å². The molecule has 8 nitrogen and oxygen atoms in total. The minimum atomic E-state index is -1.46. The number of thiazole rings is 1. The highest BCUT2D eigenvalue weighted by molar-refractivity contribution is 7.14. The van der Waals surface area contributed by atoms with Gasteiger partial charge in [-0.3, -0.25) is 5.32 Å². The molecule has 0 aliphatic carbocycles. The third kappa shape index (κ3) is 5.93. The molecule has 1 aromatic heterocycles. The number of nitrogens with zero attached hydrogens (tertiary/aromatic N) is 1. The van der Waals surface area contributed by atoms with Gasteiger partial charge in [0, 0.05) is 16.5 Å². The van der Waals surface area contributed by atoms with E-state index in [0.717, 1.165) is 16.9 Å². The van der Waals surface area contributed by atoms with E-state index < -0.39 is 23.6 Å². The second kappa shape index (κ2) is 10.6. The first-order valence-electron chi connectivity index (χ1n) is 9.15. The second-order valence-corrected chi connectivity index (χ2v) is 7.62. The Bertz CT molecular complexity index is 1160. The zero-order chi connectivity index (χ0) is 23.1. The van der Waals surface area contributed by atoms with Crippen molar-refractivity contribution in [3.05, 3.63) is 82.2 Å². The molecule has 0 aliphatic rings. The van der Waals surface area contributed by atoms with Gasteiger partial charge in [-0.2, -0.15) is 0 Å². The molecule has 164 valence electrons. The predicted octanol–water partition coefficient (Wildman–Crippen LogP) is 4.90. The number of carboxylic acids is 1. The van der Waals surface area contributed by atoms with Crippen LogP contribution in [0, 0.1) is 0 Å². The first-order chi connectivity index (χ1) is 15.3. The maximum Gasteiger partial charge on any atom is 0.413 e. The lowest BCUT2D eigenvalue weighted by Gasteiger charge is -2.10. The Balaban J connectivity index is 1.68. The van der Waals surface area contributed by atoms with Crippen molar-refractivity contribution in [2.45, 2.75) is 13.2 Å². The van der Waals surface area contributed by atoms with Crippen LogP contribution in [0.5, 0.6) is 0 Å². The van der Waals surface area contributed by atoms with E-state index in [1.165, 1.54) is 0 Å². The molecule has 32 heavy (non-hydrogen) atoms. The van der Waals surface area contributed by atoms with E-state index in [4.69, 9.17) is 26.2 Å². The molecule has 3 rings (SSSR count). The van der Waals surface area contributed by atoms with Gasteiger partial charge in [0.1, 0.15) is 18.8 Å². The van der Waals surface area contributed by atoms with Crippen molar-refractivity contribution in [2.24, 2.45) is 0 Å². The Hall–Kier alpha value is -3.69. The lowest BCUT2D eigenvalue weighted by atomic mass is 10.1. The number of rotatable bonds is 8. The van der Waals surface area contributed by atoms with Crippen LogP contribution in [-0.4, -0.2) is 28.1 Å². The summed E-state index contributed by atoms with van der Waals surface area (Å²) in [6.45, 7) is 3.05. The van der Waals surface area contributed by atoms with Crippen LogP contribution in [0.15, 0.2) is 66.1 Å². The van der Waals surface area contributed by atoms with Gasteiger partial charge < -0.3 is 14.6 Å². The van der Waals surface area contributed by atoms with Crippen LogP contribution in [0.4, 0.5) is 9.93 Å². The number of carbonyl (C=O) groups excluding carboxylic acids is 2. The molecule has 0 unspecified atom stereocenters. The van der Waals surface area contributed by atoms with Gasteiger partial charge in [0.2, 0.25) is 0 Å². The van der Waals surface area contributed by atoms with Crippen LogP contribution in [0.25, 0.3) is 11.3 Å². The number of carbonyl (C=O) groups is 3. The standard InChI is InChI=1S/C22H17ClN2O6S/c1-13(19(26)27)20(28)30-11-15-8-5-9-16(23)18(15)17-12-32-21(24-17)25-22(29)31-10-14-6-3-2-4-7-14/h2-9,12H,1,10-11H2,(H,26,27)(H,24,25,29). The summed E-state index contributed by atoms with van der Waals surface area (Å²) in [5.41, 5.74) is 1.62. The van der Waals surface area contributed by atoms with E-state index in [0.29, 0.717) is 27.0 Å². The van der Waals surface area contributed by atoms with Gasteiger partial charge in [0.05, 0.1) is 10.7 Å². The lowest BCUT2D eigenvalue weighted by Crippen LogP contribution is -2.14. The van der Waals surface area contributed by atoms with E-state index >= 15 is 0 Å². The summed E-state index contributed by atoms with van der Waals surface area (Å²) in [7, 11) is 0. The van der Waals surface area contributed by atoms with Crippen LogP contribution in [0.1, 0.15) is 11.1 Å². The summed E-state index contributed by atoms with van der Waals surface area (Å²) < 4.78 is 10.2. The van der Waals surface area contributed by atoms with Crippen molar-refractivity contribution in [2.75, 3.05) is 5.32 Å². The van der Waals surface area contributed by atoms with Crippen molar-refractivity contribution in [1.29, 1.82) is 0 Å². The number of carboxylic acid groups (broad SMARTS) is 1. The molecule has 0 saturated carbocycles. The van der Waals surface area contributed by atoms with Crippen molar-refractivity contribution in [3.63, 3.8) is 0 Å². The number of anilines is 1. The number of aromatic nitrogens is 1. The molecule has 0 radical (unpaired) electrons. The number of halogens is 1. The van der Waals surface area contributed by atoms with Gasteiger partial charge in [-0.25, -0.2) is 19.4 Å². The molecule has 10 heteroatoms. The quantitative estimate of drug-likeness (QED) is 0.207. The number of hydrogen-bond donors (Lipinski definition) is 2. The Morgan fingerprint density at radius 2 is 1.81 bits per heavy atom. The largest absolute Gasteiger partial charge is 0.477 e. The van der Waals surface area contributed by atoms with E-state index in [1.807, 2.05) is 30.3 Å². The number of benzene rings is 2. The fourth-order valence-electron chi connectivity index (χ4n) is 2.59. The average Bonchev–Trinajstić information content (AvgIpc) is 3.23. The molecular weight excluding hydrogens is 456 g/mol. The highest BCUT2D eigenvalue weighted by atomic mass is 35.5. The van der Waals surface area contributed by atoms with Gasteiger partial charge in [-0.1, -0.05) is 60.6 Å². The topological polar surface area (TPSA) is 115 Å². The number of amides is 1. The normalized spacial score (nSPS) is 10.3. The maximum absolute atomic E-state index is 12.1. The van der Waals surface area contributed by atoms with Gasteiger partial charge in [-0.05, 0) is 11.6 Å². The Labute approximate surface area is 192 Å². The molecule has 2 N–H and O–H groups in total. The fraction of sp³-hybridized carbons (Fsp3) is 0.0909. The van der Waals surface area contributed by atoms with Crippen LogP contribution >= 0.6 is 22.9 Å². The minimum absolute atomic E-state index is 0.118. The highest BCUT2D eigenvalue weighted by Gasteiger charge is 2.19. The molecule has 0 aliphatic heterocycles. The SMILES string of the molecule is C=C(C(=O)O)C(=O)OCc1cccc(Cl)c1-c1csc(NC(=O)OCc2ccccc2)n1. The van der Waals surface area contributed by atoms with Crippen LogP contribution < -0.4 is 5.32 Å². The molecule has 0 fully saturated rings. The molecule has 2 aromatic carbocycles. The van der Waals surface area contributed by atoms with E-state index in [1.54, 1.807) is 23.6 Å². The zero-order valence-corrected chi connectivity index (χ0v) is 18.1. The number of hydrogen-bond acceptors (Lipinski definition) is 7. The van der Waals surface area contributed by atoms with E-state index in [2.05, 4.69) is 16.9 Å². The summed E-state index contributed by atoms with van der Waals surface area (Å²) in [6, 6.07) is 14.2. The molecule has 3 aromatic rings. The average molecular weight is 473 g/mol. The molecule has 0 saturated heterocycles. The molecule has 0 bridgehead atoms. The fourth-order valence-corrected chi connectivity index (χ4v) is 3.56. The number of aliphatic carboxylic acids is 1. The smallest absolute Gasteiger partial charge is 0.413 e. The Kier molecular flexibility index (Phi) is 7.58. The van der Waals surface area contributed by atoms with Crippen LogP contribution in [0.2, 0.25) is 5.02 Å². The number of nitrogens with one attached hydrogen (secondary N) is 1. The third-order valence-electron chi connectivity index (χ3n) is 4.15. The summed E-state index contributed by atoms with van der Waals surface area (Å²) in [6.07, 6.45) is -0.657. The lowest BCUT2D eigenvalue weighted by molar-refractivity contribution is -0.145. The predicted molar refractivity (Wildman–Crippen MR) is 119 cm³/mol. The second-order valence-electron chi connectivity index (χ2n) is 6.36. The summed E-state index contributed by atoms with van der Waals surface area (Å²) in [5.74, 6) is -2.51. The summed E-state index contributed by atoms with van der Waals surface area (Å²) >= 11 is 7.49. The molecule has 0 atom stereocenters. The maximum atomic E-state index is 12.1. The Morgan fingerprint density at radius 1 is 1.06 bits per heavy atom. The number of ether oxygens (including phenoxy) is 2. The Morgan fingerprint density at radius 3 is 2.53 bits per heavy atom. The van der Waals surface area contributed by atoms with E-state index in [-0.39, 0.29) is 13.2 Å². The van der Waals surface area contributed by atoms with Gasteiger partial charge in [0.25, 0.3) is 0 Å². The van der Waals surface area contributed by atoms with Gasteiger partial charge in [0.15, 0.2) is 5.13 Å². The van der Waals surface area contributed by atoms with Crippen LogP contribution in [-0.2, 0) is 32.3 Å². The highest BCUT2D eigenvalue weighted by Crippen LogP contribution is 2.34. The summed E-state index contributed by atoms with van der Waals surface area (Å²) in [5, 5.41) is 13.7. The molecule has 0 spiro atoms. The first-order valence-corrected chi connectivity index (χ1v) is 10.4. The van der Waals surface area contributed by atoms with Crippen molar-refractivity contribution >= 4 is 46.1 Å². The van der Waals surface area contributed by atoms with Crippen molar-refractivity contribution in [1.82, 2.24) is 4.98 Å². The van der Waals surface area contributed by atoms with Gasteiger partial charge in [-0.15, -0.1) is 11.3 Å². The third-order valence-corrected chi connectivity index (χ3v) is 5.22. The van der Waals surface area contributed by atoms with Gasteiger partial charge >= 0.3 is 18.0 Å². The molecule has 1 heterocycles. The first kappa shape index (κ1) is 23.0. The number of esters is 1. The van der Waals surface area contributed by atoms with Crippen molar-refractivity contribution < 1.29 is 29.0 Å².